The fraction of sp³-hybridized carbons (Fsp3) is 0.200. The maximum Gasteiger partial charge on any atom is 0.233 e. The first-order valence-electron chi connectivity index (χ1n) is 8.31. The number of carbonyl (C=O) groups is 1. The molecule has 25 heavy (non-hydrogen) atoms. The molecular formula is C20H21N3OS. The van der Waals surface area contributed by atoms with Gasteiger partial charge in [0.1, 0.15) is 0 Å². The van der Waals surface area contributed by atoms with Crippen molar-refractivity contribution in [3.8, 4) is 5.69 Å². The predicted octanol–water partition coefficient (Wildman–Crippen LogP) is 3.71. The summed E-state index contributed by atoms with van der Waals surface area (Å²) in [6.45, 7) is 2.57. The van der Waals surface area contributed by atoms with Gasteiger partial charge in [-0.3, -0.25) is 4.79 Å². The molecule has 2 aromatic carbocycles. The molecule has 0 spiro atoms. The largest absolute Gasteiger partial charge is 0.355 e. The quantitative estimate of drug-likeness (QED) is 0.660. The molecule has 0 radical (unpaired) electrons. The molecule has 0 aliphatic heterocycles. The lowest BCUT2D eigenvalue weighted by atomic mass is 10.1. The maximum absolute atomic E-state index is 12.2. The van der Waals surface area contributed by atoms with E-state index in [-0.39, 0.29) is 11.2 Å². The predicted molar refractivity (Wildman–Crippen MR) is 102 cm³/mol. The van der Waals surface area contributed by atoms with Gasteiger partial charge in [-0.15, -0.1) is 11.8 Å². The number of carbonyl (C=O) groups excluding carboxylic acids is 1. The van der Waals surface area contributed by atoms with Crippen molar-refractivity contribution < 1.29 is 4.79 Å². The topological polar surface area (TPSA) is 46.9 Å². The summed E-state index contributed by atoms with van der Waals surface area (Å²) in [5.74, 6) is 0.0713. The van der Waals surface area contributed by atoms with Crippen LogP contribution in [-0.2, 0) is 11.2 Å². The molecule has 0 saturated heterocycles. The molecular weight excluding hydrogens is 330 g/mol. The lowest BCUT2D eigenvalue weighted by molar-refractivity contribution is -0.120. The Morgan fingerprint density at radius 3 is 2.56 bits per heavy atom. The smallest absolute Gasteiger partial charge is 0.233 e. The number of thioether (sulfide) groups is 1. The second kappa shape index (κ2) is 8.53. The molecule has 1 atom stereocenters. The van der Waals surface area contributed by atoms with E-state index >= 15 is 0 Å². The highest BCUT2D eigenvalue weighted by atomic mass is 32.2. The van der Waals surface area contributed by atoms with E-state index in [1.165, 1.54) is 5.56 Å². The van der Waals surface area contributed by atoms with E-state index in [0.717, 1.165) is 17.0 Å². The molecule has 1 amide bonds. The van der Waals surface area contributed by atoms with Crippen LogP contribution >= 0.6 is 11.8 Å². The molecule has 128 valence electrons. The standard InChI is InChI=1S/C20H21N3OS/c1-16(25-19-6-3-2-4-7-19)20(24)21-14-12-17-8-10-18(11-9-17)23-15-5-13-22-23/h2-11,13,15-16H,12,14H2,1H3,(H,21,24). The van der Waals surface area contributed by atoms with Crippen LogP contribution in [-0.4, -0.2) is 27.5 Å². The van der Waals surface area contributed by atoms with E-state index in [1.807, 2.05) is 66.3 Å². The van der Waals surface area contributed by atoms with Gasteiger partial charge < -0.3 is 5.32 Å². The van der Waals surface area contributed by atoms with Gasteiger partial charge in [0, 0.05) is 23.8 Å². The molecule has 0 saturated carbocycles. The number of benzene rings is 2. The number of aromatic nitrogens is 2. The van der Waals surface area contributed by atoms with Crippen molar-refractivity contribution in [1.82, 2.24) is 15.1 Å². The molecule has 1 N–H and O–H groups in total. The Bertz CT molecular complexity index is 786. The average Bonchev–Trinajstić information content (AvgIpc) is 3.18. The van der Waals surface area contributed by atoms with E-state index in [9.17, 15) is 4.79 Å². The fourth-order valence-electron chi connectivity index (χ4n) is 2.47. The van der Waals surface area contributed by atoms with Gasteiger partial charge in [-0.2, -0.15) is 5.10 Å². The van der Waals surface area contributed by atoms with Crippen molar-refractivity contribution in [2.24, 2.45) is 0 Å². The first-order valence-corrected chi connectivity index (χ1v) is 9.19. The monoisotopic (exact) mass is 351 g/mol. The summed E-state index contributed by atoms with van der Waals surface area (Å²) in [5.41, 5.74) is 2.23. The number of amides is 1. The van der Waals surface area contributed by atoms with Gasteiger partial charge in [0.15, 0.2) is 0 Å². The van der Waals surface area contributed by atoms with Crippen LogP contribution in [0.15, 0.2) is 78.0 Å². The Morgan fingerprint density at radius 2 is 1.88 bits per heavy atom. The van der Waals surface area contributed by atoms with Gasteiger partial charge in [-0.1, -0.05) is 30.3 Å². The number of nitrogens with zero attached hydrogens (tertiary/aromatic N) is 2. The van der Waals surface area contributed by atoms with Crippen molar-refractivity contribution in [2.75, 3.05) is 6.54 Å². The van der Waals surface area contributed by atoms with Crippen LogP contribution < -0.4 is 5.32 Å². The second-order valence-electron chi connectivity index (χ2n) is 5.73. The zero-order valence-corrected chi connectivity index (χ0v) is 14.9. The summed E-state index contributed by atoms with van der Waals surface area (Å²) in [6, 6.07) is 20.1. The molecule has 3 rings (SSSR count). The molecule has 0 bridgehead atoms. The maximum atomic E-state index is 12.2. The van der Waals surface area contributed by atoms with Crippen molar-refractivity contribution >= 4 is 17.7 Å². The minimum absolute atomic E-state index is 0.0713. The fourth-order valence-corrected chi connectivity index (χ4v) is 3.38. The molecule has 4 nitrogen and oxygen atoms in total. The summed E-state index contributed by atoms with van der Waals surface area (Å²) < 4.78 is 1.83. The van der Waals surface area contributed by atoms with Crippen LogP contribution in [0.4, 0.5) is 0 Å². The lowest BCUT2D eigenvalue weighted by Crippen LogP contribution is -2.32. The third-order valence-corrected chi connectivity index (χ3v) is 4.96. The van der Waals surface area contributed by atoms with Crippen LogP contribution in [0.2, 0.25) is 0 Å². The number of nitrogens with one attached hydrogen (secondary N) is 1. The van der Waals surface area contributed by atoms with Crippen molar-refractivity contribution in [3.63, 3.8) is 0 Å². The molecule has 0 aliphatic rings. The van der Waals surface area contributed by atoms with E-state index in [4.69, 9.17) is 0 Å². The van der Waals surface area contributed by atoms with Crippen LogP contribution in [0.3, 0.4) is 0 Å². The highest BCUT2D eigenvalue weighted by molar-refractivity contribution is 8.00. The van der Waals surface area contributed by atoms with Crippen LogP contribution in [0.1, 0.15) is 12.5 Å². The number of rotatable bonds is 7. The van der Waals surface area contributed by atoms with Gasteiger partial charge in [-0.25, -0.2) is 4.68 Å². The molecule has 3 aromatic rings. The van der Waals surface area contributed by atoms with Gasteiger partial charge in [0.05, 0.1) is 10.9 Å². The second-order valence-corrected chi connectivity index (χ2v) is 7.15. The first-order chi connectivity index (χ1) is 12.2. The van der Waals surface area contributed by atoms with E-state index in [1.54, 1.807) is 18.0 Å². The minimum Gasteiger partial charge on any atom is -0.355 e. The SMILES string of the molecule is CC(Sc1ccccc1)C(=O)NCCc1ccc(-n2cccn2)cc1. The van der Waals surface area contributed by atoms with Crippen molar-refractivity contribution in [1.29, 1.82) is 0 Å². The highest BCUT2D eigenvalue weighted by Crippen LogP contribution is 2.22. The van der Waals surface area contributed by atoms with E-state index < -0.39 is 0 Å². The normalized spacial score (nSPS) is 11.9. The van der Waals surface area contributed by atoms with E-state index in [2.05, 4.69) is 22.5 Å². The summed E-state index contributed by atoms with van der Waals surface area (Å²) in [4.78, 5) is 13.3. The first kappa shape index (κ1) is 17.3. The van der Waals surface area contributed by atoms with Gasteiger partial charge >= 0.3 is 0 Å². The van der Waals surface area contributed by atoms with E-state index in [0.29, 0.717) is 6.54 Å². The molecule has 1 aromatic heterocycles. The number of hydrogen-bond donors (Lipinski definition) is 1. The zero-order chi connectivity index (χ0) is 17.5. The Labute approximate surface area is 152 Å². The van der Waals surface area contributed by atoms with Crippen LogP contribution in [0, 0.1) is 0 Å². The third kappa shape index (κ3) is 4.97. The highest BCUT2D eigenvalue weighted by Gasteiger charge is 2.13. The minimum atomic E-state index is -0.107. The summed E-state index contributed by atoms with van der Waals surface area (Å²) >= 11 is 1.58. The van der Waals surface area contributed by atoms with Crippen molar-refractivity contribution in [2.45, 2.75) is 23.5 Å². The average molecular weight is 351 g/mol. The van der Waals surface area contributed by atoms with Crippen LogP contribution in [0.25, 0.3) is 5.69 Å². The van der Waals surface area contributed by atoms with Gasteiger partial charge in [-0.05, 0) is 49.2 Å². The molecule has 0 aliphatic carbocycles. The lowest BCUT2D eigenvalue weighted by Gasteiger charge is -2.12. The molecule has 5 heteroatoms. The number of hydrogen-bond acceptors (Lipinski definition) is 3. The Kier molecular flexibility index (Phi) is 5.90. The summed E-state index contributed by atoms with van der Waals surface area (Å²) in [5, 5.41) is 7.12. The molecule has 0 fully saturated rings. The van der Waals surface area contributed by atoms with Gasteiger partial charge in [0.25, 0.3) is 0 Å². The molecule has 1 unspecified atom stereocenters. The van der Waals surface area contributed by atoms with Crippen molar-refractivity contribution in [3.05, 3.63) is 78.6 Å². The Morgan fingerprint density at radius 1 is 1.12 bits per heavy atom. The Balaban J connectivity index is 1.45. The zero-order valence-electron chi connectivity index (χ0n) is 14.1. The molecule has 1 heterocycles. The summed E-state index contributed by atoms with van der Waals surface area (Å²) in [6.07, 6.45) is 4.49. The summed E-state index contributed by atoms with van der Waals surface area (Å²) in [7, 11) is 0. The Hall–Kier alpha value is -2.53. The third-order valence-electron chi connectivity index (χ3n) is 3.84. The van der Waals surface area contributed by atoms with Gasteiger partial charge in [0.2, 0.25) is 5.91 Å². The van der Waals surface area contributed by atoms with Crippen LogP contribution in [0.5, 0.6) is 0 Å².